The van der Waals surface area contributed by atoms with Crippen LogP contribution < -0.4 is 9.64 Å². The Morgan fingerprint density at radius 2 is 1.90 bits per heavy atom. The molecule has 0 aliphatic carbocycles. The van der Waals surface area contributed by atoms with Gasteiger partial charge in [0, 0.05) is 31.0 Å². The number of nitrogens with zero attached hydrogens (tertiary/aromatic N) is 3. The number of ether oxygens (including phenoxy) is 1. The fourth-order valence-electron chi connectivity index (χ4n) is 4.10. The number of hydrogen-bond acceptors (Lipinski definition) is 3. The molecule has 0 amide bonds. The molecule has 1 aromatic heterocycles. The van der Waals surface area contributed by atoms with Crippen molar-refractivity contribution in [3.8, 4) is 17.1 Å². The third kappa shape index (κ3) is 4.11. The number of aromatic nitrogens is 3. The lowest BCUT2D eigenvalue weighted by molar-refractivity contribution is -0.941. The monoisotopic (exact) mass is 413 g/mol. The Hall–Kier alpha value is -2.51. The van der Waals surface area contributed by atoms with Gasteiger partial charge in [-0.1, -0.05) is 0 Å². The maximum Gasteiger partial charge on any atom is 0.202 e. The molecule has 0 bridgehead atoms. The normalized spacial score (nSPS) is 18.9. The molecule has 1 N–H and O–H groups in total. The molecule has 1 aliphatic heterocycles. The first-order chi connectivity index (χ1) is 14.1. The molecule has 1 aliphatic rings. The number of quaternary nitrogens is 1. The zero-order valence-corrected chi connectivity index (χ0v) is 17.6. The molecule has 1 unspecified atom stereocenters. The average Bonchev–Trinajstić information content (AvgIpc) is 3.30. The van der Waals surface area contributed by atoms with E-state index in [0.717, 1.165) is 30.1 Å². The summed E-state index contributed by atoms with van der Waals surface area (Å²) in [6.45, 7) is 4.47. The van der Waals surface area contributed by atoms with Crippen LogP contribution in [0.1, 0.15) is 31.4 Å². The molecule has 2 atom stereocenters. The van der Waals surface area contributed by atoms with Crippen LogP contribution in [0.15, 0.2) is 48.5 Å². The summed E-state index contributed by atoms with van der Waals surface area (Å²) in [5, 5.41) is 4.75. The van der Waals surface area contributed by atoms with E-state index in [4.69, 9.17) is 22.1 Å². The van der Waals surface area contributed by atoms with Crippen LogP contribution in [0.5, 0.6) is 5.75 Å². The van der Waals surface area contributed by atoms with E-state index >= 15 is 0 Å². The lowest BCUT2D eigenvalue weighted by Crippen LogP contribution is -3.09. The quantitative estimate of drug-likeness (QED) is 0.628. The maximum absolute atomic E-state index is 13.3. The van der Waals surface area contributed by atoms with Gasteiger partial charge in [-0.15, -0.1) is 5.10 Å². The largest absolute Gasteiger partial charge is 0.494 e. The van der Waals surface area contributed by atoms with Crippen LogP contribution in [0.25, 0.3) is 11.4 Å². The van der Waals surface area contributed by atoms with E-state index in [-0.39, 0.29) is 5.82 Å². The van der Waals surface area contributed by atoms with Gasteiger partial charge in [-0.2, -0.15) is 4.68 Å². The minimum Gasteiger partial charge on any atom is -0.494 e. The molecule has 0 radical (unpaired) electrons. The van der Waals surface area contributed by atoms with Gasteiger partial charge < -0.3 is 14.2 Å². The van der Waals surface area contributed by atoms with Gasteiger partial charge in [0.05, 0.1) is 13.2 Å². The summed E-state index contributed by atoms with van der Waals surface area (Å²) in [5.74, 6) is 1.41. The fraction of sp³-hybridized carbons (Fsp3) is 0.364. The highest BCUT2D eigenvalue weighted by Gasteiger charge is 2.31. The van der Waals surface area contributed by atoms with Crippen LogP contribution in [-0.2, 0) is 13.7 Å². The van der Waals surface area contributed by atoms with Crippen molar-refractivity contribution in [3.05, 3.63) is 64.7 Å². The molecule has 3 aromatic rings. The van der Waals surface area contributed by atoms with Crippen molar-refractivity contribution >= 4 is 12.2 Å². The van der Waals surface area contributed by atoms with Gasteiger partial charge in [0.2, 0.25) is 4.77 Å². The summed E-state index contributed by atoms with van der Waals surface area (Å²) in [4.78, 5) is 1.45. The molecule has 0 saturated carbocycles. The topological polar surface area (TPSA) is 36.4 Å². The molecule has 0 spiro atoms. The lowest BCUT2D eigenvalue weighted by Gasteiger charge is -2.21. The number of nitrogens with one attached hydrogen (secondary N) is 1. The van der Waals surface area contributed by atoms with Gasteiger partial charge in [0.15, 0.2) is 12.5 Å². The predicted molar refractivity (Wildman–Crippen MR) is 113 cm³/mol. The van der Waals surface area contributed by atoms with Gasteiger partial charge >= 0.3 is 0 Å². The van der Waals surface area contributed by atoms with E-state index in [1.807, 2.05) is 35.4 Å². The third-order valence-corrected chi connectivity index (χ3v) is 6.06. The highest BCUT2D eigenvalue weighted by molar-refractivity contribution is 7.71. The minimum absolute atomic E-state index is 0.255. The molecule has 2 heterocycles. The second-order valence-electron chi connectivity index (χ2n) is 7.43. The molecule has 29 heavy (non-hydrogen) atoms. The van der Waals surface area contributed by atoms with Crippen LogP contribution in [0, 0.1) is 10.6 Å². The third-order valence-electron chi connectivity index (χ3n) is 5.57. The SMILES string of the molecule is CCOc1ccc([C@@H]2CCC[NH+]2Cn2nc(-c3ccc(F)cc3)n(C)c2=S)cc1. The molecular formula is C22H26FN4OS+. The lowest BCUT2D eigenvalue weighted by atomic mass is 10.0. The first-order valence-electron chi connectivity index (χ1n) is 10.0. The summed E-state index contributed by atoms with van der Waals surface area (Å²) in [5.41, 5.74) is 2.18. The molecule has 152 valence electrons. The highest BCUT2D eigenvalue weighted by atomic mass is 32.1. The van der Waals surface area contributed by atoms with Crippen molar-refractivity contribution in [1.82, 2.24) is 14.3 Å². The van der Waals surface area contributed by atoms with Gasteiger partial charge in [0.25, 0.3) is 0 Å². The zero-order chi connectivity index (χ0) is 20.4. The van der Waals surface area contributed by atoms with E-state index in [0.29, 0.717) is 24.1 Å². The number of rotatable bonds is 6. The van der Waals surface area contributed by atoms with E-state index < -0.39 is 0 Å². The van der Waals surface area contributed by atoms with Crippen molar-refractivity contribution in [3.63, 3.8) is 0 Å². The second-order valence-corrected chi connectivity index (χ2v) is 7.80. The number of benzene rings is 2. The van der Waals surface area contributed by atoms with Gasteiger partial charge in [-0.05, 0) is 67.7 Å². The minimum atomic E-state index is -0.255. The van der Waals surface area contributed by atoms with Crippen LogP contribution >= 0.6 is 12.2 Å². The summed E-state index contributed by atoms with van der Waals surface area (Å²) < 4.78 is 23.3. The Labute approximate surface area is 175 Å². The van der Waals surface area contributed by atoms with E-state index in [2.05, 4.69) is 12.1 Å². The molecule has 2 aromatic carbocycles. The fourth-order valence-corrected chi connectivity index (χ4v) is 4.29. The molecular weight excluding hydrogens is 387 g/mol. The molecule has 4 rings (SSSR count). The van der Waals surface area contributed by atoms with Crippen molar-refractivity contribution in [2.24, 2.45) is 7.05 Å². The van der Waals surface area contributed by atoms with Crippen LogP contribution in [0.4, 0.5) is 4.39 Å². The van der Waals surface area contributed by atoms with Crippen molar-refractivity contribution in [2.45, 2.75) is 32.5 Å². The summed E-state index contributed by atoms with van der Waals surface area (Å²) >= 11 is 5.64. The Morgan fingerprint density at radius 3 is 2.59 bits per heavy atom. The Kier molecular flexibility index (Phi) is 5.78. The summed E-state index contributed by atoms with van der Waals surface area (Å²) in [6, 6.07) is 15.2. The van der Waals surface area contributed by atoms with E-state index in [9.17, 15) is 4.39 Å². The summed E-state index contributed by atoms with van der Waals surface area (Å²) in [6.07, 6.45) is 2.33. The van der Waals surface area contributed by atoms with Gasteiger partial charge in [-0.3, -0.25) is 0 Å². The number of likely N-dealkylation sites (tertiary alicyclic amines) is 1. The molecule has 1 saturated heterocycles. The van der Waals surface area contributed by atoms with Crippen LogP contribution in [-0.4, -0.2) is 27.5 Å². The van der Waals surface area contributed by atoms with E-state index in [1.165, 1.54) is 29.0 Å². The highest BCUT2D eigenvalue weighted by Crippen LogP contribution is 2.22. The second kappa shape index (κ2) is 8.47. The molecule has 5 nitrogen and oxygen atoms in total. The Morgan fingerprint density at radius 1 is 1.17 bits per heavy atom. The standard InChI is InChI=1S/C22H25FN4OS/c1-3-28-19-12-8-16(9-13-19)20-5-4-14-26(20)15-27-22(29)25(2)21(24-27)17-6-10-18(23)11-7-17/h6-13,20H,3-5,14-15H2,1-2H3/p+1/t20-/m0/s1. The first kappa shape index (κ1) is 19.8. The predicted octanol–water partition coefficient (Wildman–Crippen LogP) is 3.53. The molecule has 1 fully saturated rings. The van der Waals surface area contributed by atoms with Gasteiger partial charge in [-0.25, -0.2) is 4.39 Å². The van der Waals surface area contributed by atoms with Crippen LogP contribution in [0.3, 0.4) is 0 Å². The van der Waals surface area contributed by atoms with Crippen molar-refractivity contribution in [2.75, 3.05) is 13.2 Å². The number of hydrogen-bond donors (Lipinski definition) is 1. The van der Waals surface area contributed by atoms with Gasteiger partial charge in [0.1, 0.15) is 17.6 Å². The van der Waals surface area contributed by atoms with Crippen molar-refractivity contribution < 1.29 is 14.0 Å². The first-order valence-corrected chi connectivity index (χ1v) is 10.4. The summed E-state index contributed by atoms with van der Waals surface area (Å²) in [7, 11) is 1.91. The van der Waals surface area contributed by atoms with Crippen molar-refractivity contribution in [1.29, 1.82) is 0 Å². The van der Waals surface area contributed by atoms with Crippen LogP contribution in [0.2, 0.25) is 0 Å². The Balaban J connectivity index is 1.56. The smallest absolute Gasteiger partial charge is 0.202 e. The van der Waals surface area contributed by atoms with E-state index in [1.54, 1.807) is 12.1 Å². The molecule has 7 heteroatoms. The Bertz CT molecular complexity index is 1030. The zero-order valence-electron chi connectivity index (χ0n) is 16.8. The number of halogens is 1. The average molecular weight is 414 g/mol. The maximum atomic E-state index is 13.3.